The van der Waals surface area contributed by atoms with Crippen LogP contribution in [0.1, 0.15) is 5.56 Å². The molecule has 0 saturated heterocycles. The van der Waals surface area contributed by atoms with E-state index in [1.807, 2.05) is 29.6 Å². The Morgan fingerprint density at radius 2 is 2.00 bits per heavy atom. The Kier molecular flexibility index (Phi) is 6.11. The summed E-state index contributed by atoms with van der Waals surface area (Å²) in [5.74, 6) is -0.759. The predicted octanol–water partition coefficient (Wildman–Crippen LogP) is 2.87. The van der Waals surface area contributed by atoms with Crippen molar-refractivity contribution in [2.24, 2.45) is 0 Å². The smallest absolute Gasteiger partial charge is 0.321 e. The van der Waals surface area contributed by atoms with Gasteiger partial charge in [-0.15, -0.1) is 11.3 Å². The van der Waals surface area contributed by atoms with E-state index in [0.717, 1.165) is 21.7 Å². The van der Waals surface area contributed by atoms with Crippen molar-refractivity contribution in [3.63, 3.8) is 0 Å². The molecule has 0 saturated carbocycles. The lowest BCUT2D eigenvalue weighted by Gasteiger charge is -2.09. The fourth-order valence-corrected chi connectivity index (χ4v) is 4.57. The number of thiophene rings is 1. The fourth-order valence-electron chi connectivity index (χ4n) is 2.63. The van der Waals surface area contributed by atoms with Crippen LogP contribution in [0.2, 0.25) is 0 Å². The first kappa shape index (κ1) is 20.7. The number of nitrogens with zero attached hydrogens (tertiary/aromatic N) is 1. The summed E-state index contributed by atoms with van der Waals surface area (Å²) in [7, 11) is -2.64. The van der Waals surface area contributed by atoms with E-state index in [2.05, 4.69) is 10.0 Å². The minimum atomic E-state index is -4.12. The Bertz CT molecular complexity index is 1170. The van der Waals surface area contributed by atoms with Crippen LogP contribution in [0.25, 0.3) is 10.1 Å². The number of carbonyl (C=O) groups is 1. The molecule has 3 aromatic rings. The highest BCUT2D eigenvalue weighted by atomic mass is 32.2. The molecule has 9 nitrogen and oxygen atoms in total. The number of nitro benzene ring substituents is 1. The van der Waals surface area contributed by atoms with Crippen LogP contribution in [-0.2, 0) is 26.2 Å². The van der Waals surface area contributed by atoms with Gasteiger partial charge in [0.15, 0.2) is 0 Å². The molecule has 0 bridgehead atoms. The molecule has 2 N–H and O–H groups in total. The summed E-state index contributed by atoms with van der Waals surface area (Å²) < 4.78 is 33.0. The minimum Gasteiger partial charge on any atom is -0.460 e. The number of fused-ring (bicyclic) bond motifs is 1. The van der Waals surface area contributed by atoms with E-state index in [-0.39, 0.29) is 22.9 Å². The molecule has 0 atom stereocenters. The third-order valence-electron chi connectivity index (χ3n) is 4.10. The summed E-state index contributed by atoms with van der Waals surface area (Å²) in [5, 5.41) is 16.6. The van der Waals surface area contributed by atoms with E-state index in [4.69, 9.17) is 4.74 Å². The number of ether oxygens (including phenoxy) is 1. The SMILES string of the molecule is CNc1ccc(S(=O)(=O)NCC(=O)OCc2csc3ccccc23)cc1[N+](=O)[O-]. The van der Waals surface area contributed by atoms with Gasteiger partial charge in [0.2, 0.25) is 10.0 Å². The molecule has 1 heterocycles. The average Bonchev–Trinajstić information content (AvgIpc) is 3.13. The maximum Gasteiger partial charge on any atom is 0.321 e. The van der Waals surface area contributed by atoms with Gasteiger partial charge in [-0.3, -0.25) is 14.9 Å². The molecule has 29 heavy (non-hydrogen) atoms. The third kappa shape index (κ3) is 4.70. The number of rotatable bonds is 8. The van der Waals surface area contributed by atoms with Gasteiger partial charge in [0.05, 0.1) is 9.82 Å². The molecule has 1 aromatic heterocycles. The Morgan fingerprint density at radius 1 is 1.24 bits per heavy atom. The van der Waals surface area contributed by atoms with Gasteiger partial charge in [0.25, 0.3) is 5.69 Å². The summed E-state index contributed by atoms with van der Waals surface area (Å²) in [6.45, 7) is -0.571. The van der Waals surface area contributed by atoms with Crippen molar-refractivity contribution < 1.29 is 22.9 Å². The second-order valence-electron chi connectivity index (χ2n) is 5.93. The van der Waals surface area contributed by atoms with Gasteiger partial charge in [-0.1, -0.05) is 18.2 Å². The topological polar surface area (TPSA) is 128 Å². The van der Waals surface area contributed by atoms with E-state index in [1.165, 1.54) is 30.5 Å². The quantitative estimate of drug-likeness (QED) is 0.316. The zero-order chi connectivity index (χ0) is 21.0. The van der Waals surface area contributed by atoms with Crippen molar-refractivity contribution in [1.82, 2.24) is 4.72 Å². The van der Waals surface area contributed by atoms with Crippen molar-refractivity contribution >= 4 is 48.8 Å². The summed E-state index contributed by atoms with van der Waals surface area (Å²) in [6.07, 6.45) is 0. The van der Waals surface area contributed by atoms with E-state index in [1.54, 1.807) is 0 Å². The number of hydrogen-bond donors (Lipinski definition) is 2. The molecule has 0 fully saturated rings. The Labute approximate surface area is 170 Å². The van der Waals surface area contributed by atoms with Gasteiger partial charge in [-0.2, -0.15) is 4.72 Å². The first-order valence-corrected chi connectivity index (χ1v) is 10.7. The predicted molar refractivity (Wildman–Crippen MR) is 109 cm³/mol. The van der Waals surface area contributed by atoms with Gasteiger partial charge in [0.1, 0.15) is 18.8 Å². The number of carbonyl (C=O) groups excluding carboxylic acids is 1. The van der Waals surface area contributed by atoms with Crippen LogP contribution in [0.4, 0.5) is 11.4 Å². The van der Waals surface area contributed by atoms with E-state index in [0.29, 0.717) is 0 Å². The van der Waals surface area contributed by atoms with Crippen molar-refractivity contribution in [3.05, 3.63) is 63.5 Å². The molecule has 0 spiro atoms. The number of esters is 1. The highest BCUT2D eigenvalue weighted by Crippen LogP contribution is 2.27. The summed E-state index contributed by atoms with van der Waals surface area (Å²) in [4.78, 5) is 22.0. The highest BCUT2D eigenvalue weighted by Gasteiger charge is 2.22. The molecule has 0 aliphatic rings. The first-order chi connectivity index (χ1) is 13.8. The normalized spacial score (nSPS) is 11.3. The largest absolute Gasteiger partial charge is 0.460 e. The van der Waals surface area contributed by atoms with Crippen molar-refractivity contribution in [2.75, 3.05) is 18.9 Å². The highest BCUT2D eigenvalue weighted by molar-refractivity contribution is 7.89. The van der Waals surface area contributed by atoms with Crippen LogP contribution >= 0.6 is 11.3 Å². The van der Waals surface area contributed by atoms with Gasteiger partial charge in [0, 0.05) is 23.4 Å². The molecule has 0 aliphatic carbocycles. The van der Waals surface area contributed by atoms with Crippen molar-refractivity contribution in [1.29, 1.82) is 0 Å². The molecular formula is C18H17N3O6S2. The van der Waals surface area contributed by atoms with Gasteiger partial charge in [-0.25, -0.2) is 8.42 Å². The average molecular weight is 435 g/mol. The summed E-state index contributed by atoms with van der Waals surface area (Å²) >= 11 is 1.52. The molecule has 152 valence electrons. The van der Waals surface area contributed by atoms with Crippen LogP contribution in [0.3, 0.4) is 0 Å². The van der Waals surface area contributed by atoms with Crippen LogP contribution in [0.15, 0.2) is 52.7 Å². The van der Waals surface area contributed by atoms with Gasteiger partial charge < -0.3 is 10.1 Å². The summed E-state index contributed by atoms with van der Waals surface area (Å²) in [6, 6.07) is 11.1. The van der Waals surface area contributed by atoms with Crippen LogP contribution in [0.5, 0.6) is 0 Å². The zero-order valence-electron chi connectivity index (χ0n) is 15.2. The van der Waals surface area contributed by atoms with Gasteiger partial charge >= 0.3 is 5.97 Å². The fraction of sp³-hybridized carbons (Fsp3) is 0.167. The Morgan fingerprint density at radius 3 is 2.72 bits per heavy atom. The minimum absolute atomic E-state index is 0.0207. The number of nitrogens with one attached hydrogen (secondary N) is 2. The first-order valence-electron chi connectivity index (χ1n) is 8.38. The second kappa shape index (κ2) is 8.55. The molecule has 0 unspecified atom stereocenters. The molecule has 0 radical (unpaired) electrons. The molecule has 0 amide bonds. The van der Waals surface area contributed by atoms with Crippen LogP contribution < -0.4 is 10.0 Å². The second-order valence-corrected chi connectivity index (χ2v) is 8.61. The van der Waals surface area contributed by atoms with Gasteiger partial charge in [-0.05, 0) is 29.0 Å². The van der Waals surface area contributed by atoms with Crippen LogP contribution in [0, 0.1) is 10.1 Å². The lowest BCUT2D eigenvalue weighted by atomic mass is 10.2. The van der Waals surface area contributed by atoms with E-state index < -0.39 is 27.5 Å². The lowest BCUT2D eigenvalue weighted by Crippen LogP contribution is -2.30. The number of hydrogen-bond acceptors (Lipinski definition) is 8. The Hall–Kier alpha value is -3.02. The molecule has 11 heteroatoms. The number of benzene rings is 2. The standard InChI is InChI=1S/C18H17N3O6S2/c1-19-15-7-6-13(8-16(15)21(23)24)29(25,26)20-9-18(22)27-10-12-11-28-17-5-3-2-4-14(12)17/h2-8,11,19-20H,9-10H2,1H3. The maximum absolute atomic E-state index is 12.4. The monoisotopic (exact) mass is 435 g/mol. The number of anilines is 1. The van der Waals surface area contributed by atoms with Crippen molar-refractivity contribution in [2.45, 2.75) is 11.5 Å². The summed E-state index contributed by atoms with van der Waals surface area (Å²) in [5.41, 5.74) is 0.624. The Balaban J connectivity index is 1.63. The molecular weight excluding hydrogens is 418 g/mol. The zero-order valence-corrected chi connectivity index (χ0v) is 16.9. The molecule has 2 aromatic carbocycles. The van der Waals surface area contributed by atoms with E-state index in [9.17, 15) is 23.3 Å². The van der Waals surface area contributed by atoms with Crippen LogP contribution in [-0.4, -0.2) is 32.9 Å². The number of nitro groups is 1. The molecule has 3 rings (SSSR count). The van der Waals surface area contributed by atoms with Crippen molar-refractivity contribution in [3.8, 4) is 0 Å². The van der Waals surface area contributed by atoms with E-state index >= 15 is 0 Å². The number of sulfonamides is 1. The third-order valence-corrected chi connectivity index (χ3v) is 6.51. The maximum atomic E-state index is 12.4. The molecule has 0 aliphatic heterocycles. The lowest BCUT2D eigenvalue weighted by molar-refractivity contribution is -0.384.